The lowest BCUT2D eigenvalue weighted by Gasteiger charge is -2.38. The number of nitrogens with one attached hydrogen (secondary N) is 2. The highest BCUT2D eigenvalue weighted by molar-refractivity contribution is 7.92. The van der Waals surface area contributed by atoms with Gasteiger partial charge in [0, 0.05) is 31.3 Å². The van der Waals surface area contributed by atoms with Crippen molar-refractivity contribution in [2.24, 2.45) is 5.92 Å². The molecule has 2 aliphatic rings. The van der Waals surface area contributed by atoms with E-state index < -0.39 is 39.9 Å². The Morgan fingerprint density at radius 3 is 2.59 bits per heavy atom. The van der Waals surface area contributed by atoms with Gasteiger partial charge in [-0.3, -0.25) is 9.52 Å². The van der Waals surface area contributed by atoms with E-state index in [9.17, 15) is 27.5 Å². The van der Waals surface area contributed by atoms with Crippen LogP contribution in [-0.4, -0.2) is 80.9 Å². The van der Waals surface area contributed by atoms with Gasteiger partial charge < -0.3 is 34.4 Å². The third-order valence-corrected chi connectivity index (χ3v) is 8.87. The Hall–Kier alpha value is -4.56. The number of ether oxygens (including phenoxy) is 3. The number of benzene rings is 3. The second kappa shape index (κ2) is 12.6. The number of carbonyl (C=O) groups excluding carboxylic acids is 2. The topological polar surface area (TPSA) is 147 Å². The predicted octanol–water partition coefficient (Wildman–Crippen LogP) is 3.74. The Kier molecular flexibility index (Phi) is 8.83. The highest BCUT2D eigenvalue weighted by atomic mass is 32.2. The molecule has 2 heterocycles. The molecule has 3 amide bonds. The van der Waals surface area contributed by atoms with Gasteiger partial charge in [-0.05, 0) is 55.5 Å². The van der Waals surface area contributed by atoms with Gasteiger partial charge in [-0.2, -0.15) is 0 Å². The summed E-state index contributed by atoms with van der Waals surface area (Å²) in [6, 6.07) is 12.8. The third kappa shape index (κ3) is 6.50. The number of anilines is 2. The molecule has 0 unspecified atom stereocenters. The monoisotopic (exact) mass is 628 g/mol. The molecule has 3 atom stereocenters. The van der Waals surface area contributed by atoms with E-state index in [0.717, 1.165) is 24.3 Å². The average molecular weight is 629 g/mol. The van der Waals surface area contributed by atoms with Gasteiger partial charge in [0.2, 0.25) is 6.79 Å². The Labute approximate surface area is 254 Å². The molecule has 0 radical (unpaired) electrons. The molecule has 0 fully saturated rings. The van der Waals surface area contributed by atoms with Crippen molar-refractivity contribution in [1.82, 2.24) is 9.80 Å². The number of fused-ring (bicyclic) bond motifs is 2. The number of hydrogen-bond donors (Lipinski definition) is 3. The zero-order chi connectivity index (χ0) is 31.6. The van der Waals surface area contributed by atoms with E-state index in [1.807, 2.05) is 6.92 Å². The van der Waals surface area contributed by atoms with Crippen LogP contribution in [-0.2, 0) is 10.0 Å². The van der Waals surface area contributed by atoms with Crippen molar-refractivity contribution in [2.45, 2.75) is 30.9 Å². The lowest BCUT2D eigenvalue weighted by molar-refractivity contribution is 0.0373. The number of aliphatic hydroxyl groups is 1. The highest BCUT2D eigenvalue weighted by Gasteiger charge is 2.35. The first-order valence-corrected chi connectivity index (χ1v) is 15.4. The summed E-state index contributed by atoms with van der Waals surface area (Å²) < 4.78 is 59.4. The van der Waals surface area contributed by atoms with Gasteiger partial charge in [0.1, 0.15) is 11.9 Å². The van der Waals surface area contributed by atoms with Crippen LogP contribution in [0.25, 0.3) is 0 Å². The number of amides is 3. The Bertz CT molecular complexity index is 1650. The summed E-state index contributed by atoms with van der Waals surface area (Å²) in [4.78, 5) is 29.6. The molecule has 0 bridgehead atoms. The average Bonchev–Trinajstić information content (AvgIpc) is 3.47. The van der Waals surface area contributed by atoms with Crippen LogP contribution in [0.15, 0.2) is 65.6 Å². The van der Waals surface area contributed by atoms with Gasteiger partial charge >= 0.3 is 6.03 Å². The van der Waals surface area contributed by atoms with E-state index in [2.05, 4.69) is 10.0 Å². The van der Waals surface area contributed by atoms with E-state index in [1.54, 1.807) is 32.2 Å². The molecule has 0 saturated heterocycles. The standard InChI is InChI=1S/C30H33FN4O8S/c1-18-14-35(19(2)16-36)29(37)23-5-4-6-24(33-44(39,40)22-10-7-20(31)8-11-22)28(23)43-27(18)15-34(3)30(38)32-21-9-12-25-26(13-21)42-17-41-25/h4-13,18-19,27,33,36H,14-17H2,1-3H3,(H,32,38)/t18-,19-,27-/m1/s1. The summed E-state index contributed by atoms with van der Waals surface area (Å²) in [5.74, 6) is -0.345. The third-order valence-electron chi connectivity index (χ3n) is 7.48. The summed E-state index contributed by atoms with van der Waals surface area (Å²) >= 11 is 0. The predicted molar refractivity (Wildman–Crippen MR) is 159 cm³/mol. The molecule has 2 aliphatic heterocycles. The van der Waals surface area contributed by atoms with Gasteiger partial charge in [-0.25, -0.2) is 17.6 Å². The van der Waals surface area contributed by atoms with E-state index in [4.69, 9.17) is 14.2 Å². The fourth-order valence-electron chi connectivity index (χ4n) is 4.91. The van der Waals surface area contributed by atoms with Gasteiger partial charge in [-0.15, -0.1) is 0 Å². The molecule has 0 spiro atoms. The van der Waals surface area contributed by atoms with Gasteiger partial charge in [0.25, 0.3) is 15.9 Å². The summed E-state index contributed by atoms with van der Waals surface area (Å²) in [6.07, 6.45) is -0.709. The molecular formula is C30H33FN4O8S. The van der Waals surface area contributed by atoms with Crippen molar-refractivity contribution in [3.8, 4) is 17.2 Å². The first-order valence-electron chi connectivity index (χ1n) is 13.9. The van der Waals surface area contributed by atoms with Crippen molar-refractivity contribution < 1.29 is 41.7 Å². The van der Waals surface area contributed by atoms with Crippen LogP contribution in [0.1, 0.15) is 24.2 Å². The van der Waals surface area contributed by atoms with Crippen LogP contribution in [0.5, 0.6) is 17.2 Å². The van der Waals surface area contributed by atoms with Crippen LogP contribution < -0.4 is 24.2 Å². The summed E-state index contributed by atoms with van der Waals surface area (Å²) in [6.45, 7) is 3.61. The zero-order valence-electron chi connectivity index (χ0n) is 24.3. The van der Waals surface area contributed by atoms with Crippen molar-refractivity contribution in [3.05, 3.63) is 72.0 Å². The van der Waals surface area contributed by atoms with Crippen LogP contribution in [0, 0.1) is 11.7 Å². The molecule has 44 heavy (non-hydrogen) atoms. The summed E-state index contributed by atoms with van der Waals surface area (Å²) in [5, 5.41) is 12.7. The van der Waals surface area contributed by atoms with Crippen molar-refractivity contribution in [1.29, 1.82) is 0 Å². The lowest BCUT2D eigenvalue weighted by Crippen LogP contribution is -2.50. The number of carbonyl (C=O) groups is 2. The van der Waals surface area contributed by atoms with Gasteiger partial charge in [0.15, 0.2) is 17.2 Å². The number of hydrogen-bond acceptors (Lipinski definition) is 8. The van der Waals surface area contributed by atoms with E-state index in [0.29, 0.717) is 17.2 Å². The van der Waals surface area contributed by atoms with Crippen LogP contribution in [0.2, 0.25) is 0 Å². The lowest BCUT2D eigenvalue weighted by atomic mass is 9.99. The molecule has 234 valence electrons. The van der Waals surface area contributed by atoms with Crippen molar-refractivity contribution >= 4 is 33.3 Å². The SMILES string of the molecule is C[C@@H]1CN([C@H](C)CO)C(=O)c2cccc(NS(=O)(=O)c3ccc(F)cc3)c2O[C@@H]1CN(C)C(=O)Nc1ccc2c(c1)OCO2. The molecule has 5 rings (SSSR count). The van der Waals surface area contributed by atoms with Crippen LogP contribution in [0.3, 0.4) is 0 Å². The highest BCUT2D eigenvalue weighted by Crippen LogP contribution is 2.37. The molecule has 0 saturated carbocycles. The van der Waals surface area contributed by atoms with Crippen molar-refractivity contribution in [3.63, 3.8) is 0 Å². The molecule has 12 nitrogen and oxygen atoms in total. The van der Waals surface area contributed by atoms with Crippen LogP contribution >= 0.6 is 0 Å². The minimum Gasteiger partial charge on any atom is -0.485 e. The van der Waals surface area contributed by atoms with E-state index in [1.165, 1.54) is 28.0 Å². The maximum Gasteiger partial charge on any atom is 0.321 e. The van der Waals surface area contributed by atoms with E-state index >= 15 is 0 Å². The molecule has 14 heteroatoms. The zero-order valence-corrected chi connectivity index (χ0v) is 25.1. The largest absolute Gasteiger partial charge is 0.485 e. The Balaban J connectivity index is 1.44. The maximum atomic E-state index is 13.7. The fourth-order valence-corrected chi connectivity index (χ4v) is 5.97. The summed E-state index contributed by atoms with van der Waals surface area (Å²) in [5.41, 5.74) is 0.561. The smallest absolute Gasteiger partial charge is 0.321 e. The minimum atomic E-state index is -4.20. The van der Waals surface area contributed by atoms with Crippen molar-refractivity contribution in [2.75, 3.05) is 43.6 Å². The molecule has 0 aromatic heterocycles. The molecular weight excluding hydrogens is 595 g/mol. The molecule has 3 N–H and O–H groups in total. The Morgan fingerprint density at radius 2 is 1.86 bits per heavy atom. The number of urea groups is 1. The molecule has 3 aromatic carbocycles. The number of para-hydroxylation sites is 1. The second-order valence-electron chi connectivity index (χ2n) is 10.7. The normalized spacial score (nSPS) is 18.4. The quantitative estimate of drug-likeness (QED) is 0.342. The number of halogens is 1. The summed E-state index contributed by atoms with van der Waals surface area (Å²) in [7, 11) is -2.61. The van der Waals surface area contributed by atoms with Crippen LogP contribution in [0.4, 0.5) is 20.6 Å². The first kappa shape index (κ1) is 30.9. The second-order valence-corrected chi connectivity index (χ2v) is 12.4. The maximum absolute atomic E-state index is 13.7. The first-order chi connectivity index (χ1) is 21.0. The Morgan fingerprint density at radius 1 is 1.14 bits per heavy atom. The van der Waals surface area contributed by atoms with Gasteiger partial charge in [-0.1, -0.05) is 13.0 Å². The number of nitrogens with zero attached hydrogens (tertiary/aromatic N) is 2. The molecule has 0 aliphatic carbocycles. The number of sulfonamides is 1. The fraction of sp³-hybridized carbons (Fsp3) is 0.333. The molecule has 3 aromatic rings. The number of likely N-dealkylation sites (N-methyl/N-ethyl adjacent to an activating group) is 1. The van der Waals surface area contributed by atoms with E-state index in [-0.39, 0.29) is 54.3 Å². The minimum absolute atomic E-state index is 0.0108. The number of aliphatic hydroxyl groups excluding tert-OH is 1. The van der Waals surface area contributed by atoms with Gasteiger partial charge in [0.05, 0.1) is 35.3 Å². The number of rotatable bonds is 8.